The number of nitrogens with one attached hydrogen (secondary N) is 1. The molecule has 20 heavy (non-hydrogen) atoms. The van der Waals surface area contributed by atoms with E-state index in [4.69, 9.17) is 9.47 Å². The lowest BCUT2D eigenvalue weighted by Gasteiger charge is -2.21. The standard InChI is InChI=1S/C16H23NO3/c1-19-13-4-2-3-12(9-13)15(18)10-17-14-7-8-20-16(14)11-5-6-11/h2-4,9,11,14-18H,5-8,10H2,1H3. The largest absolute Gasteiger partial charge is 0.497 e. The first-order chi connectivity index (χ1) is 9.78. The van der Waals surface area contributed by atoms with E-state index in [-0.39, 0.29) is 0 Å². The van der Waals surface area contributed by atoms with Crippen molar-refractivity contribution in [2.75, 3.05) is 20.3 Å². The third kappa shape index (κ3) is 3.14. The molecule has 1 aliphatic carbocycles. The Morgan fingerprint density at radius 2 is 2.25 bits per heavy atom. The van der Waals surface area contributed by atoms with Crippen molar-refractivity contribution in [3.63, 3.8) is 0 Å². The van der Waals surface area contributed by atoms with Crippen LogP contribution in [-0.2, 0) is 4.74 Å². The van der Waals surface area contributed by atoms with Crippen molar-refractivity contribution >= 4 is 0 Å². The van der Waals surface area contributed by atoms with Crippen LogP contribution in [0, 0.1) is 5.92 Å². The highest BCUT2D eigenvalue weighted by atomic mass is 16.5. The second kappa shape index (κ2) is 6.12. The average Bonchev–Trinajstić information content (AvgIpc) is 3.23. The summed E-state index contributed by atoms with van der Waals surface area (Å²) in [5.74, 6) is 1.52. The van der Waals surface area contributed by atoms with Crippen molar-refractivity contribution in [3.05, 3.63) is 29.8 Å². The topological polar surface area (TPSA) is 50.7 Å². The molecule has 0 amide bonds. The molecule has 0 aromatic heterocycles. The van der Waals surface area contributed by atoms with Crippen LogP contribution < -0.4 is 10.1 Å². The molecule has 1 heterocycles. The minimum Gasteiger partial charge on any atom is -0.497 e. The molecule has 3 unspecified atom stereocenters. The zero-order valence-electron chi connectivity index (χ0n) is 11.9. The normalized spacial score (nSPS) is 27.5. The van der Waals surface area contributed by atoms with E-state index in [9.17, 15) is 5.11 Å². The maximum Gasteiger partial charge on any atom is 0.119 e. The van der Waals surface area contributed by atoms with Crippen molar-refractivity contribution < 1.29 is 14.6 Å². The molecule has 0 bridgehead atoms. The van der Waals surface area contributed by atoms with Gasteiger partial charge in [-0.2, -0.15) is 0 Å². The summed E-state index contributed by atoms with van der Waals surface area (Å²) in [5.41, 5.74) is 0.888. The summed E-state index contributed by atoms with van der Waals surface area (Å²) in [7, 11) is 1.64. The molecule has 110 valence electrons. The van der Waals surface area contributed by atoms with Crippen LogP contribution in [0.5, 0.6) is 5.75 Å². The first kappa shape index (κ1) is 13.9. The molecule has 1 aliphatic heterocycles. The molecule has 4 heteroatoms. The number of hydrogen-bond donors (Lipinski definition) is 2. The zero-order chi connectivity index (χ0) is 13.9. The summed E-state index contributed by atoms with van der Waals surface area (Å²) in [6.45, 7) is 1.40. The monoisotopic (exact) mass is 277 g/mol. The lowest BCUT2D eigenvalue weighted by Crippen LogP contribution is -2.39. The third-order valence-electron chi connectivity index (χ3n) is 4.27. The van der Waals surface area contributed by atoms with Crippen LogP contribution in [0.25, 0.3) is 0 Å². The maximum absolute atomic E-state index is 10.3. The Morgan fingerprint density at radius 1 is 1.40 bits per heavy atom. The zero-order valence-corrected chi connectivity index (χ0v) is 11.9. The van der Waals surface area contributed by atoms with Crippen LogP contribution in [0.2, 0.25) is 0 Å². The number of ether oxygens (including phenoxy) is 2. The quantitative estimate of drug-likeness (QED) is 0.833. The first-order valence-electron chi connectivity index (χ1n) is 7.45. The molecule has 4 nitrogen and oxygen atoms in total. The van der Waals surface area contributed by atoms with Gasteiger partial charge in [0.1, 0.15) is 5.75 Å². The van der Waals surface area contributed by atoms with Crippen molar-refractivity contribution in [1.29, 1.82) is 0 Å². The van der Waals surface area contributed by atoms with Gasteiger partial charge in [-0.15, -0.1) is 0 Å². The minimum absolute atomic E-state index is 0.354. The molecule has 0 spiro atoms. The minimum atomic E-state index is -0.509. The van der Waals surface area contributed by atoms with Crippen LogP contribution in [0.3, 0.4) is 0 Å². The van der Waals surface area contributed by atoms with Crippen LogP contribution in [0.4, 0.5) is 0 Å². The predicted octanol–water partition coefficient (Wildman–Crippen LogP) is 1.89. The highest BCUT2D eigenvalue weighted by Crippen LogP contribution is 2.38. The Kier molecular flexibility index (Phi) is 4.24. The van der Waals surface area contributed by atoms with E-state index in [2.05, 4.69) is 5.32 Å². The van der Waals surface area contributed by atoms with Crippen molar-refractivity contribution in [1.82, 2.24) is 5.32 Å². The molecule has 2 fully saturated rings. The molecule has 3 rings (SSSR count). The second-order valence-corrected chi connectivity index (χ2v) is 5.77. The summed E-state index contributed by atoms with van der Waals surface area (Å²) < 4.78 is 11.0. The Bertz CT molecular complexity index is 447. The van der Waals surface area contributed by atoms with Gasteiger partial charge in [-0.25, -0.2) is 0 Å². The number of hydrogen-bond acceptors (Lipinski definition) is 4. The number of aliphatic hydroxyl groups excluding tert-OH is 1. The van der Waals surface area contributed by atoms with Crippen molar-refractivity contribution in [2.24, 2.45) is 5.92 Å². The van der Waals surface area contributed by atoms with Crippen molar-refractivity contribution in [3.8, 4) is 5.75 Å². The molecule has 2 N–H and O–H groups in total. The smallest absolute Gasteiger partial charge is 0.119 e. The number of methoxy groups -OCH3 is 1. The fourth-order valence-electron chi connectivity index (χ4n) is 2.95. The molecule has 1 saturated heterocycles. The Labute approximate surface area is 120 Å². The van der Waals surface area contributed by atoms with Crippen molar-refractivity contribution in [2.45, 2.75) is 37.5 Å². The van der Waals surface area contributed by atoms with Gasteiger partial charge >= 0.3 is 0 Å². The highest BCUT2D eigenvalue weighted by Gasteiger charge is 2.40. The molecule has 1 aromatic carbocycles. The van der Waals surface area contributed by atoms with Gasteiger partial charge < -0.3 is 19.9 Å². The van der Waals surface area contributed by atoms with Crippen LogP contribution >= 0.6 is 0 Å². The van der Waals surface area contributed by atoms with E-state index in [1.807, 2.05) is 24.3 Å². The molecular formula is C16H23NO3. The first-order valence-corrected chi connectivity index (χ1v) is 7.45. The number of aliphatic hydroxyl groups is 1. The Balaban J connectivity index is 1.54. The SMILES string of the molecule is COc1cccc(C(O)CNC2CCOC2C2CC2)c1. The van der Waals surface area contributed by atoms with Gasteiger partial charge in [0.05, 0.1) is 19.3 Å². The molecule has 0 radical (unpaired) electrons. The lowest BCUT2D eigenvalue weighted by molar-refractivity contribution is 0.0770. The van der Waals surface area contributed by atoms with E-state index >= 15 is 0 Å². The lowest BCUT2D eigenvalue weighted by atomic mass is 10.0. The van der Waals surface area contributed by atoms with Gasteiger partial charge in [0, 0.05) is 19.2 Å². The summed E-state index contributed by atoms with van der Waals surface area (Å²) in [4.78, 5) is 0. The van der Waals surface area contributed by atoms with E-state index in [1.165, 1.54) is 12.8 Å². The molecular weight excluding hydrogens is 254 g/mol. The van der Waals surface area contributed by atoms with E-state index in [0.717, 1.165) is 30.3 Å². The molecule has 1 aromatic rings. The fraction of sp³-hybridized carbons (Fsp3) is 0.625. The summed E-state index contributed by atoms with van der Waals surface area (Å²) in [5, 5.41) is 13.8. The fourth-order valence-corrected chi connectivity index (χ4v) is 2.95. The summed E-state index contributed by atoms with van der Waals surface area (Å²) >= 11 is 0. The van der Waals surface area contributed by atoms with E-state index < -0.39 is 6.10 Å². The van der Waals surface area contributed by atoms with Crippen LogP contribution in [-0.4, -0.2) is 37.5 Å². The molecule has 3 atom stereocenters. The van der Waals surface area contributed by atoms with Gasteiger partial charge in [0.2, 0.25) is 0 Å². The van der Waals surface area contributed by atoms with Gasteiger partial charge in [-0.05, 0) is 42.9 Å². The van der Waals surface area contributed by atoms with E-state index in [1.54, 1.807) is 7.11 Å². The highest BCUT2D eigenvalue weighted by molar-refractivity contribution is 5.29. The Morgan fingerprint density at radius 3 is 3.00 bits per heavy atom. The maximum atomic E-state index is 10.3. The van der Waals surface area contributed by atoms with E-state index in [0.29, 0.717) is 18.7 Å². The third-order valence-corrected chi connectivity index (χ3v) is 4.27. The van der Waals surface area contributed by atoms with Gasteiger partial charge in [0.25, 0.3) is 0 Å². The molecule has 2 aliphatic rings. The number of benzene rings is 1. The Hall–Kier alpha value is -1.10. The summed E-state index contributed by atoms with van der Waals surface area (Å²) in [6.07, 6.45) is 3.48. The van der Waals surface area contributed by atoms with Crippen LogP contribution in [0.15, 0.2) is 24.3 Å². The summed E-state index contributed by atoms with van der Waals surface area (Å²) in [6, 6.07) is 8.00. The number of rotatable bonds is 6. The van der Waals surface area contributed by atoms with Crippen LogP contribution in [0.1, 0.15) is 30.9 Å². The second-order valence-electron chi connectivity index (χ2n) is 5.77. The predicted molar refractivity (Wildman–Crippen MR) is 76.8 cm³/mol. The van der Waals surface area contributed by atoms with Gasteiger partial charge in [-0.1, -0.05) is 12.1 Å². The van der Waals surface area contributed by atoms with Gasteiger partial charge in [0.15, 0.2) is 0 Å². The average molecular weight is 277 g/mol. The van der Waals surface area contributed by atoms with Gasteiger partial charge in [-0.3, -0.25) is 0 Å². The molecule has 1 saturated carbocycles.